The third kappa shape index (κ3) is 6.46. The minimum Gasteiger partial charge on any atom is -0.354 e. The molecule has 0 aliphatic rings. The van der Waals surface area contributed by atoms with Crippen molar-refractivity contribution in [2.45, 2.75) is 38.6 Å². The van der Waals surface area contributed by atoms with Gasteiger partial charge in [-0.2, -0.15) is 0 Å². The van der Waals surface area contributed by atoms with Gasteiger partial charge in [0.15, 0.2) is 0 Å². The molecule has 2 amide bonds. The van der Waals surface area contributed by atoms with Crippen LogP contribution in [0.1, 0.15) is 54.0 Å². The molecule has 1 aromatic carbocycles. The fourth-order valence-corrected chi connectivity index (χ4v) is 3.75. The van der Waals surface area contributed by atoms with Crippen LogP contribution in [0, 0.1) is 0 Å². The smallest absolute Gasteiger partial charge is 0.251 e. The van der Waals surface area contributed by atoms with Crippen LogP contribution in [0.25, 0.3) is 0 Å². The molecule has 1 atom stereocenters. The highest BCUT2D eigenvalue weighted by atomic mass is 32.1. The van der Waals surface area contributed by atoms with Crippen LogP contribution < -0.4 is 10.6 Å². The molecule has 0 saturated heterocycles. The lowest BCUT2D eigenvalue weighted by atomic mass is 9.87. The van der Waals surface area contributed by atoms with Gasteiger partial charge in [0, 0.05) is 30.0 Å². The van der Waals surface area contributed by atoms with E-state index in [0.717, 1.165) is 0 Å². The predicted octanol–water partition coefficient (Wildman–Crippen LogP) is 3.58. The van der Waals surface area contributed by atoms with Crippen LogP contribution in [0.4, 0.5) is 0 Å². The summed E-state index contributed by atoms with van der Waals surface area (Å²) in [5, 5.41) is 7.82. The monoisotopic (exact) mass is 401 g/mol. The van der Waals surface area contributed by atoms with Gasteiger partial charge >= 0.3 is 0 Å². The van der Waals surface area contributed by atoms with Gasteiger partial charge in [0.05, 0.1) is 6.04 Å². The lowest BCUT2D eigenvalue weighted by Gasteiger charge is -2.23. The molecule has 2 rings (SSSR count). The number of thiophene rings is 1. The van der Waals surface area contributed by atoms with E-state index in [9.17, 15) is 9.59 Å². The molecule has 0 bridgehead atoms. The molecule has 1 heterocycles. The Labute approximate surface area is 172 Å². The first kappa shape index (κ1) is 22.1. The number of rotatable bonds is 8. The molecule has 0 spiro atoms. The average molecular weight is 402 g/mol. The highest BCUT2D eigenvalue weighted by Gasteiger charge is 2.17. The number of amides is 2. The van der Waals surface area contributed by atoms with E-state index in [-0.39, 0.29) is 29.7 Å². The van der Waals surface area contributed by atoms with E-state index >= 15 is 0 Å². The van der Waals surface area contributed by atoms with Gasteiger partial charge in [-0.05, 0) is 48.7 Å². The second kappa shape index (κ2) is 9.85. The maximum atomic E-state index is 12.2. The third-order valence-corrected chi connectivity index (χ3v) is 5.61. The van der Waals surface area contributed by atoms with Crippen LogP contribution in [0.3, 0.4) is 0 Å². The summed E-state index contributed by atoms with van der Waals surface area (Å²) in [7, 11) is 4.00. The van der Waals surface area contributed by atoms with Crippen molar-refractivity contribution in [2.75, 3.05) is 27.2 Å². The van der Waals surface area contributed by atoms with Crippen molar-refractivity contribution in [1.29, 1.82) is 0 Å². The molecule has 1 aromatic heterocycles. The maximum Gasteiger partial charge on any atom is 0.251 e. The van der Waals surface area contributed by atoms with Crippen molar-refractivity contribution in [3.05, 3.63) is 57.8 Å². The standard InChI is InChI=1S/C22H31N3O2S/c1-22(2,3)17-10-8-16(9-11-17)21(27)23-13-12-20(26)24-15-18(25(4)5)19-7-6-14-28-19/h6-11,14,18H,12-13,15H2,1-5H3,(H,23,27)(H,24,26). The van der Waals surface area contributed by atoms with Crippen molar-refractivity contribution >= 4 is 23.2 Å². The van der Waals surface area contributed by atoms with E-state index in [2.05, 4.69) is 42.4 Å². The summed E-state index contributed by atoms with van der Waals surface area (Å²) in [6.45, 7) is 7.28. The Morgan fingerprint density at radius 3 is 2.29 bits per heavy atom. The van der Waals surface area contributed by atoms with Crippen LogP contribution in [-0.2, 0) is 10.2 Å². The summed E-state index contributed by atoms with van der Waals surface area (Å²) < 4.78 is 0. The van der Waals surface area contributed by atoms with E-state index in [0.29, 0.717) is 18.7 Å². The fraction of sp³-hybridized carbons (Fsp3) is 0.455. The summed E-state index contributed by atoms with van der Waals surface area (Å²) >= 11 is 1.68. The third-order valence-electron chi connectivity index (χ3n) is 4.64. The summed E-state index contributed by atoms with van der Waals surface area (Å²) in [4.78, 5) is 27.7. The molecule has 5 nitrogen and oxygen atoms in total. The maximum absolute atomic E-state index is 12.2. The lowest BCUT2D eigenvalue weighted by molar-refractivity contribution is -0.121. The Hall–Kier alpha value is -2.18. The Bertz CT molecular complexity index is 762. The van der Waals surface area contributed by atoms with Crippen molar-refractivity contribution in [3.8, 4) is 0 Å². The van der Waals surface area contributed by atoms with Crippen LogP contribution >= 0.6 is 11.3 Å². The summed E-state index contributed by atoms with van der Waals surface area (Å²) in [5.41, 5.74) is 1.85. The van der Waals surface area contributed by atoms with Gasteiger partial charge in [-0.1, -0.05) is 39.0 Å². The van der Waals surface area contributed by atoms with E-state index in [1.807, 2.05) is 49.8 Å². The van der Waals surface area contributed by atoms with Gasteiger partial charge in [-0.15, -0.1) is 11.3 Å². The second-order valence-electron chi connectivity index (χ2n) is 8.13. The Morgan fingerprint density at radius 2 is 1.75 bits per heavy atom. The van der Waals surface area contributed by atoms with E-state index in [1.165, 1.54) is 10.4 Å². The molecular weight excluding hydrogens is 370 g/mol. The van der Waals surface area contributed by atoms with Gasteiger partial charge in [0.1, 0.15) is 0 Å². The summed E-state index contributed by atoms with van der Waals surface area (Å²) in [6.07, 6.45) is 0.260. The van der Waals surface area contributed by atoms with Gasteiger partial charge in [0.25, 0.3) is 5.91 Å². The Kier molecular flexibility index (Phi) is 7.78. The number of benzene rings is 1. The minimum absolute atomic E-state index is 0.0562. The molecule has 152 valence electrons. The van der Waals surface area contributed by atoms with Gasteiger partial charge in [-0.3, -0.25) is 9.59 Å². The van der Waals surface area contributed by atoms with Gasteiger partial charge in [0.2, 0.25) is 5.91 Å². The zero-order valence-electron chi connectivity index (χ0n) is 17.4. The topological polar surface area (TPSA) is 61.4 Å². The van der Waals surface area contributed by atoms with Crippen molar-refractivity contribution < 1.29 is 9.59 Å². The van der Waals surface area contributed by atoms with Gasteiger partial charge < -0.3 is 15.5 Å². The molecule has 0 radical (unpaired) electrons. The molecule has 6 heteroatoms. The van der Waals surface area contributed by atoms with Crippen molar-refractivity contribution in [3.63, 3.8) is 0 Å². The van der Waals surface area contributed by atoms with Crippen LogP contribution in [-0.4, -0.2) is 43.9 Å². The second-order valence-corrected chi connectivity index (χ2v) is 9.11. The quantitative estimate of drug-likeness (QED) is 0.711. The molecule has 0 aliphatic carbocycles. The number of nitrogens with zero attached hydrogens (tertiary/aromatic N) is 1. The lowest BCUT2D eigenvalue weighted by Crippen LogP contribution is -2.36. The molecule has 1 unspecified atom stereocenters. The molecular formula is C22H31N3O2S. The Balaban J connectivity index is 1.76. The molecule has 2 aromatic rings. The molecule has 2 N–H and O–H groups in total. The number of hydrogen-bond donors (Lipinski definition) is 2. The summed E-state index contributed by atoms with van der Waals surface area (Å²) in [6, 6.07) is 11.9. The predicted molar refractivity (Wildman–Crippen MR) is 116 cm³/mol. The van der Waals surface area contributed by atoms with Gasteiger partial charge in [-0.25, -0.2) is 0 Å². The van der Waals surface area contributed by atoms with Crippen molar-refractivity contribution in [2.24, 2.45) is 0 Å². The highest BCUT2D eigenvalue weighted by Crippen LogP contribution is 2.23. The summed E-state index contributed by atoms with van der Waals surface area (Å²) in [5.74, 6) is -0.218. The first-order chi connectivity index (χ1) is 13.2. The first-order valence-electron chi connectivity index (χ1n) is 9.53. The fourth-order valence-electron chi connectivity index (χ4n) is 2.83. The van der Waals surface area contributed by atoms with Crippen LogP contribution in [0.15, 0.2) is 41.8 Å². The minimum atomic E-state index is -0.155. The number of hydrogen-bond acceptors (Lipinski definition) is 4. The largest absolute Gasteiger partial charge is 0.354 e. The van der Waals surface area contributed by atoms with E-state index in [4.69, 9.17) is 0 Å². The van der Waals surface area contributed by atoms with Crippen LogP contribution in [0.2, 0.25) is 0 Å². The number of nitrogens with one attached hydrogen (secondary N) is 2. The molecule has 0 aliphatic heterocycles. The number of carbonyl (C=O) groups excluding carboxylic acids is 2. The molecule has 28 heavy (non-hydrogen) atoms. The molecule has 0 fully saturated rings. The van der Waals surface area contributed by atoms with Crippen molar-refractivity contribution in [1.82, 2.24) is 15.5 Å². The zero-order valence-corrected chi connectivity index (χ0v) is 18.2. The van der Waals surface area contributed by atoms with E-state index < -0.39 is 0 Å². The molecule has 0 saturated carbocycles. The van der Waals surface area contributed by atoms with E-state index in [1.54, 1.807) is 11.3 Å². The SMILES string of the molecule is CN(C)C(CNC(=O)CCNC(=O)c1ccc(C(C)(C)C)cc1)c1cccs1. The average Bonchev–Trinajstić information content (AvgIpc) is 3.15. The first-order valence-corrected chi connectivity index (χ1v) is 10.4. The van der Waals surface area contributed by atoms with Crippen LogP contribution in [0.5, 0.6) is 0 Å². The zero-order chi connectivity index (χ0) is 20.7. The number of carbonyl (C=O) groups is 2. The Morgan fingerprint density at radius 1 is 1.07 bits per heavy atom. The highest BCUT2D eigenvalue weighted by molar-refractivity contribution is 7.10. The number of likely N-dealkylation sites (N-methyl/N-ethyl adjacent to an activating group) is 1. The normalized spacial score (nSPS) is 12.6.